The zero-order valence-corrected chi connectivity index (χ0v) is 12.5. The number of carboxylic acids is 1. The van der Waals surface area contributed by atoms with Crippen LogP contribution in [0.3, 0.4) is 0 Å². The normalized spacial score (nSPS) is 16.0. The maximum Gasteiger partial charge on any atom is 0.328 e. The molecule has 114 valence electrons. The molecule has 2 aromatic carbocycles. The van der Waals surface area contributed by atoms with Gasteiger partial charge in [-0.25, -0.2) is 9.78 Å². The number of imidazole rings is 1. The molecule has 0 radical (unpaired) electrons. The molecule has 3 aromatic rings. The molecule has 23 heavy (non-hydrogen) atoms. The van der Waals surface area contributed by atoms with Crippen molar-refractivity contribution in [3.8, 4) is 0 Å². The van der Waals surface area contributed by atoms with Crippen molar-refractivity contribution in [3.05, 3.63) is 71.6 Å². The summed E-state index contributed by atoms with van der Waals surface area (Å²) in [7, 11) is 0. The molecule has 1 aliphatic carbocycles. The maximum atomic E-state index is 10.6. The number of fused-ring (bicyclic) bond motifs is 1. The third-order valence-electron chi connectivity index (χ3n) is 4.47. The third-order valence-corrected chi connectivity index (χ3v) is 4.47. The Labute approximate surface area is 133 Å². The van der Waals surface area contributed by atoms with Crippen LogP contribution in [0.15, 0.2) is 54.6 Å². The minimum absolute atomic E-state index is 0.0198. The maximum absolute atomic E-state index is 10.6. The summed E-state index contributed by atoms with van der Waals surface area (Å²) in [6.07, 6.45) is 4.92. The van der Waals surface area contributed by atoms with Gasteiger partial charge in [-0.2, -0.15) is 0 Å². The largest absolute Gasteiger partial charge is 0.478 e. The minimum Gasteiger partial charge on any atom is -0.478 e. The van der Waals surface area contributed by atoms with Gasteiger partial charge >= 0.3 is 5.97 Å². The van der Waals surface area contributed by atoms with Gasteiger partial charge < -0.3 is 10.1 Å². The van der Waals surface area contributed by atoms with Crippen molar-refractivity contribution in [1.82, 2.24) is 9.97 Å². The predicted octanol–water partition coefficient (Wildman–Crippen LogP) is 3.74. The lowest BCUT2D eigenvalue weighted by atomic mass is 9.94. The van der Waals surface area contributed by atoms with Gasteiger partial charge in [-0.1, -0.05) is 36.4 Å². The number of benzene rings is 2. The summed E-state index contributed by atoms with van der Waals surface area (Å²) in [4.78, 5) is 18.8. The average molecular weight is 304 g/mol. The number of hydrogen-bond donors (Lipinski definition) is 2. The van der Waals surface area contributed by atoms with Gasteiger partial charge in [0.25, 0.3) is 0 Å². The molecule has 0 saturated heterocycles. The number of aromatic amines is 1. The third kappa shape index (κ3) is 2.42. The highest BCUT2D eigenvalue weighted by molar-refractivity contribution is 5.85. The molecular weight excluding hydrogens is 288 g/mol. The van der Waals surface area contributed by atoms with Gasteiger partial charge in [0.05, 0.1) is 16.4 Å². The molecule has 1 aliphatic rings. The first-order chi connectivity index (χ1) is 11.2. The number of nitrogens with one attached hydrogen (secondary N) is 1. The number of para-hydroxylation sites is 2. The quantitative estimate of drug-likeness (QED) is 0.722. The Kier molecular flexibility index (Phi) is 3.05. The van der Waals surface area contributed by atoms with E-state index < -0.39 is 5.97 Å². The van der Waals surface area contributed by atoms with Crippen LogP contribution in [0.4, 0.5) is 0 Å². The van der Waals surface area contributed by atoms with E-state index in [-0.39, 0.29) is 5.41 Å². The Morgan fingerprint density at radius 1 is 1.13 bits per heavy atom. The van der Waals surface area contributed by atoms with Crippen LogP contribution in [0, 0.1) is 0 Å². The van der Waals surface area contributed by atoms with Crippen LogP contribution in [0.1, 0.15) is 29.8 Å². The van der Waals surface area contributed by atoms with Crippen molar-refractivity contribution < 1.29 is 9.90 Å². The molecule has 1 saturated carbocycles. The first-order valence-electron chi connectivity index (χ1n) is 7.64. The number of carboxylic acid groups (broad SMARTS) is 1. The van der Waals surface area contributed by atoms with Gasteiger partial charge in [-0.15, -0.1) is 0 Å². The van der Waals surface area contributed by atoms with E-state index in [1.165, 1.54) is 5.56 Å². The van der Waals surface area contributed by atoms with Crippen LogP contribution in [0.2, 0.25) is 0 Å². The molecule has 0 aliphatic heterocycles. The molecule has 4 heteroatoms. The zero-order valence-electron chi connectivity index (χ0n) is 12.5. The smallest absolute Gasteiger partial charge is 0.328 e. The summed E-state index contributed by atoms with van der Waals surface area (Å²) in [5.41, 5.74) is 4.15. The number of carbonyl (C=O) groups is 1. The van der Waals surface area contributed by atoms with Gasteiger partial charge in [-0.05, 0) is 42.2 Å². The average Bonchev–Trinajstić information content (AvgIpc) is 3.26. The molecule has 1 fully saturated rings. The molecule has 0 bridgehead atoms. The van der Waals surface area contributed by atoms with Gasteiger partial charge in [0.15, 0.2) is 0 Å². The monoisotopic (exact) mass is 304 g/mol. The van der Waals surface area contributed by atoms with Crippen molar-refractivity contribution in [2.75, 3.05) is 0 Å². The second-order valence-electron chi connectivity index (χ2n) is 5.98. The van der Waals surface area contributed by atoms with E-state index >= 15 is 0 Å². The Morgan fingerprint density at radius 3 is 2.52 bits per heavy atom. The summed E-state index contributed by atoms with van der Waals surface area (Å²) >= 11 is 0. The number of H-pyrrole nitrogens is 1. The molecule has 0 atom stereocenters. The Morgan fingerprint density at radius 2 is 1.87 bits per heavy atom. The molecule has 0 amide bonds. The summed E-state index contributed by atoms with van der Waals surface area (Å²) in [5.74, 6) is 0.0857. The van der Waals surface area contributed by atoms with Gasteiger partial charge in [0, 0.05) is 6.08 Å². The first-order valence-corrected chi connectivity index (χ1v) is 7.64. The van der Waals surface area contributed by atoms with Crippen molar-refractivity contribution in [2.24, 2.45) is 0 Å². The fraction of sp³-hybridized carbons (Fsp3) is 0.158. The summed E-state index contributed by atoms with van der Waals surface area (Å²) in [6, 6.07) is 16.1. The summed E-state index contributed by atoms with van der Waals surface area (Å²) in [5, 5.41) is 8.69. The Hall–Kier alpha value is -2.88. The molecular formula is C19H16N2O2. The molecule has 1 heterocycles. The molecule has 0 unspecified atom stereocenters. The number of rotatable bonds is 4. The van der Waals surface area contributed by atoms with E-state index in [2.05, 4.69) is 17.1 Å². The van der Waals surface area contributed by atoms with Crippen LogP contribution >= 0.6 is 0 Å². The topological polar surface area (TPSA) is 66.0 Å². The highest BCUT2D eigenvalue weighted by atomic mass is 16.4. The van der Waals surface area contributed by atoms with Crippen molar-refractivity contribution in [1.29, 1.82) is 0 Å². The lowest BCUT2D eigenvalue weighted by Crippen LogP contribution is -2.10. The van der Waals surface area contributed by atoms with Crippen LogP contribution in [-0.4, -0.2) is 21.0 Å². The molecule has 4 nitrogen and oxygen atoms in total. The zero-order chi connectivity index (χ0) is 15.9. The van der Waals surface area contributed by atoms with Crippen molar-refractivity contribution in [3.63, 3.8) is 0 Å². The van der Waals surface area contributed by atoms with Gasteiger partial charge in [-0.3, -0.25) is 0 Å². The number of hydrogen-bond acceptors (Lipinski definition) is 2. The van der Waals surface area contributed by atoms with Crippen molar-refractivity contribution >= 4 is 23.1 Å². The Bertz CT molecular complexity index is 870. The minimum atomic E-state index is -0.935. The van der Waals surface area contributed by atoms with E-state index in [4.69, 9.17) is 10.1 Å². The fourth-order valence-corrected chi connectivity index (χ4v) is 3.05. The lowest BCUT2D eigenvalue weighted by Gasteiger charge is -2.13. The van der Waals surface area contributed by atoms with E-state index in [9.17, 15) is 4.79 Å². The van der Waals surface area contributed by atoms with E-state index in [1.807, 2.05) is 36.4 Å². The fourth-order valence-electron chi connectivity index (χ4n) is 3.05. The second kappa shape index (κ2) is 5.09. The van der Waals surface area contributed by atoms with E-state index in [1.54, 1.807) is 6.08 Å². The highest BCUT2D eigenvalue weighted by Gasteiger charge is 2.48. The number of nitrogens with zero attached hydrogens (tertiary/aromatic N) is 1. The van der Waals surface area contributed by atoms with Crippen molar-refractivity contribution in [2.45, 2.75) is 18.3 Å². The SMILES string of the molecule is O=C(O)C=Cc1ccc(C2(c3nc4ccccc4[nH]3)CC2)cc1. The van der Waals surface area contributed by atoms with Gasteiger partial charge in [0.2, 0.25) is 0 Å². The molecule has 1 aromatic heterocycles. The van der Waals surface area contributed by atoms with Crippen LogP contribution in [-0.2, 0) is 10.2 Å². The highest BCUT2D eigenvalue weighted by Crippen LogP contribution is 2.52. The van der Waals surface area contributed by atoms with Crippen LogP contribution in [0.5, 0.6) is 0 Å². The predicted molar refractivity (Wildman–Crippen MR) is 89.2 cm³/mol. The molecule has 2 N–H and O–H groups in total. The van der Waals surface area contributed by atoms with Crippen LogP contribution < -0.4 is 0 Å². The van der Waals surface area contributed by atoms with E-state index in [0.29, 0.717) is 0 Å². The number of aromatic nitrogens is 2. The first kappa shape index (κ1) is 13.8. The second-order valence-corrected chi connectivity index (χ2v) is 5.98. The lowest BCUT2D eigenvalue weighted by molar-refractivity contribution is -0.131. The van der Waals surface area contributed by atoms with E-state index in [0.717, 1.165) is 41.3 Å². The number of aliphatic carboxylic acids is 1. The van der Waals surface area contributed by atoms with Crippen LogP contribution in [0.25, 0.3) is 17.1 Å². The summed E-state index contributed by atoms with van der Waals surface area (Å²) < 4.78 is 0. The summed E-state index contributed by atoms with van der Waals surface area (Å²) in [6.45, 7) is 0. The molecule has 0 spiro atoms. The Balaban J connectivity index is 1.67. The standard InChI is InChI=1S/C19H16N2O2/c22-17(23)10-7-13-5-8-14(9-6-13)19(11-12-19)18-20-15-3-1-2-4-16(15)21-18/h1-10H,11-12H2,(H,20,21)(H,22,23). The molecule has 4 rings (SSSR count). The van der Waals surface area contributed by atoms with Gasteiger partial charge in [0.1, 0.15) is 5.82 Å².